The van der Waals surface area contributed by atoms with Crippen molar-refractivity contribution < 1.29 is 10.0 Å². The Morgan fingerprint density at radius 1 is 1.41 bits per heavy atom. The fourth-order valence-electron chi connectivity index (χ4n) is 2.07. The van der Waals surface area contributed by atoms with Crippen LogP contribution >= 0.6 is 0 Å². The number of β-amino-alcohol motifs (C(OH)–C–C–N with tert-alkyl or cyclic N) is 1. The zero-order valence-corrected chi connectivity index (χ0v) is 9.74. The van der Waals surface area contributed by atoms with E-state index in [1.807, 2.05) is 6.92 Å². The summed E-state index contributed by atoms with van der Waals surface area (Å²) < 4.78 is 0. The molecule has 0 radical (unpaired) electrons. The summed E-state index contributed by atoms with van der Waals surface area (Å²) in [5, 5.41) is 20.3. The van der Waals surface area contributed by atoms with Crippen molar-refractivity contribution in [3.05, 3.63) is 34.4 Å². The number of rotatable bonds is 2. The van der Waals surface area contributed by atoms with Crippen LogP contribution < -0.4 is 4.90 Å². The third-order valence-corrected chi connectivity index (χ3v) is 3.34. The summed E-state index contributed by atoms with van der Waals surface area (Å²) in [6, 6.07) is 6.47. The first-order valence-corrected chi connectivity index (χ1v) is 5.75. The third-order valence-electron chi connectivity index (χ3n) is 3.34. The van der Waals surface area contributed by atoms with Crippen LogP contribution in [-0.4, -0.2) is 29.2 Å². The maximum atomic E-state index is 10.5. The number of non-ortho nitro benzene ring substituents is 1. The van der Waals surface area contributed by atoms with E-state index in [0.29, 0.717) is 12.5 Å². The summed E-state index contributed by atoms with van der Waals surface area (Å²) in [6.07, 6.45) is 0.622. The molecule has 1 N–H and O–H groups in total. The molecule has 5 nitrogen and oxygen atoms in total. The van der Waals surface area contributed by atoms with Gasteiger partial charge in [0.1, 0.15) is 0 Å². The van der Waals surface area contributed by atoms with Crippen molar-refractivity contribution in [1.82, 2.24) is 0 Å². The minimum Gasteiger partial charge on any atom is -0.391 e. The molecule has 5 heteroatoms. The van der Waals surface area contributed by atoms with Gasteiger partial charge in [-0.3, -0.25) is 10.1 Å². The highest BCUT2D eigenvalue weighted by molar-refractivity contribution is 5.51. The molecule has 0 spiro atoms. The molecule has 17 heavy (non-hydrogen) atoms. The number of nitro benzene ring substituents is 1. The van der Waals surface area contributed by atoms with Crippen molar-refractivity contribution in [2.45, 2.75) is 19.4 Å². The molecule has 1 aromatic carbocycles. The molecule has 1 fully saturated rings. The van der Waals surface area contributed by atoms with E-state index in [0.717, 1.165) is 18.7 Å². The average Bonchev–Trinajstić information content (AvgIpc) is 2.33. The molecule has 1 heterocycles. The van der Waals surface area contributed by atoms with Crippen LogP contribution in [0.3, 0.4) is 0 Å². The molecule has 1 saturated heterocycles. The summed E-state index contributed by atoms with van der Waals surface area (Å²) in [7, 11) is 0. The Hall–Kier alpha value is -1.62. The molecule has 2 rings (SSSR count). The van der Waals surface area contributed by atoms with Gasteiger partial charge < -0.3 is 10.0 Å². The Balaban J connectivity index is 2.10. The quantitative estimate of drug-likeness (QED) is 0.628. The van der Waals surface area contributed by atoms with Gasteiger partial charge in [-0.25, -0.2) is 0 Å². The Morgan fingerprint density at radius 3 is 2.59 bits per heavy atom. The van der Waals surface area contributed by atoms with Crippen molar-refractivity contribution in [3.63, 3.8) is 0 Å². The van der Waals surface area contributed by atoms with Gasteiger partial charge in [-0.2, -0.15) is 0 Å². The topological polar surface area (TPSA) is 66.6 Å². The Labute approximate surface area is 99.8 Å². The van der Waals surface area contributed by atoms with Crippen LogP contribution in [0.4, 0.5) is 11.4 Å². The zero-order valence-electron chi connectivity index (χ0n) is 9.74. The Bertz CT molecular complexity index is 405. The SMILES string of the molecule is CC1CCN(c2ccc([N+](=O)[O-])cc2)CC1O. The van der Waals surface area contributed by atoms with Crippen molar-refractivity contribution in [2.24, 2.45) is 5.92 Å². The van der Waals surface area contributed by atoms with E-state index in [2.05, 4.69) is 4.90 Å². The van der Waals surface area contributed by atoms with Crippen molar-refractivity contribution in [1.29, 1.82) is 0 Å². The van der Waals surface area contributed by atoms with Gasteiger partial charge >= 0.3 is 0 Å². The molecule has 0 aromatic heterocycles. The summed E-state index contributed by atoms with van der Waals surface area (Å²) in [5.74, 6) is 0.323. The second kappa shape index (κ2) is 4.71. The Kier molecular flexibility index (Phi) is 3.28. The van der Waals surface area contributed by atoms with Crippen LogP contribution in [0.1, 0.15) is 13.3 Å². The lowest BCUT2D eigenvalue weighted by atomic mass is 9.96. The van der Waals surface area contributed by atoms with E-state index in [9.17, 15) is 15.2 Å². The number of anilines is 1. The maximum absolute atomic E-state index is 10.5. The van der Waals surface area contributed by atoms with Gasteiger partial charge in [0.2, 0.25) is 0 Å². The number of nitrogens with zero attached hydrogens (tertiary/aromatic N) is 2. The van der Waals surface area contributed by atoms with E-state index in [1.54, 1.807) is 12.1 Å². The second-order valence-corrected chi connectivity index (χ2v) is 4.55. The second-order valence-electron chi connectivity index (χ2n) is 4.55. The van der Waals surface area contributed by atoms with Gasteiger partial charge in [0.05, 0.1) is 11.0 Å². The predicted octanol–water partition coefficient (Wildman–Crippen LogP) is 1.80. The summed E-state index contributed by atoms with van der Waals surface area (Å²) >= 11 is 0. The van der Waals surface area contributed by atoms with Gasteiger partial charge in [-0.15, -0.1) is 0 Å². The normalized spacial score (nSPS) is 24.7. The molecule has 1 aromatic rings. The smallest absolute Gasteiger partial charge is 0.269 e. The number of hydrogen-bond acceptors (Lipinski definition) is 4. The molecule has 0 bridgehead atoms. The summed E-state index contributed by atoms with van der Waals surface area (Å²) in [5.41, 5.74) is 1.03. The zero-order chi connectivity index (χ0) is 12.4. The van der Waals surface area contributed by atoms with E-state index < -0.39 is 4.92 Å². The number of nitro groups is 1. The number of hydrogen-bond donors (Lipinski definition) is 1. The molecule has 0 aliphatic carbocycles. The monoisotopic (exact) mass is 236 g/mol. The van der Waals surface area contributed by atoms with Crippen LogP contribution in [0.25, 0.3) is 0 Å². The summed E-state index contributed by atoms with van der Waals surface area (Å²) in [4.78, 5) is 12.2. The van der Waals surface area contributed by atoms with Crippen LogP contribution in [0, 0.1) is 16.0 Å². The highest BCUT2D eigenvalue weighted by Gasteiger charge is 2.24. The molecule has 1 aliphatic rings. The van der Waals surface area contributed by atoms with E-state index in [1.165, 1.54) is 12.1 Å². The average molecular weight is 236 g/mol. The van der Waals surface area contributed by atoms with Crippen molar-refractivity contribution in [3.8, 4) is 0 Å². The first-order chi connectivity index (χ1) is 8.08. The van der Waals surface area contributed by atoms with Crippen molar-refractivity contribution in [2.75, 3.05) is 18.0 Å². The van der Waals surface area contributed by atoms with E-state index in [-0.39, 0.29) is 11.8 Å². The van der Waals surface area contributed by atoms with Crippen LogP contribution in [0.15, 0.2) is 24.3 Å². The largest absolute Gasteiger partial charge is 0.391 e. The number of benzene rings is 1. The highest BCUT2D eigenvalue weighted by Crippen LogP contribution is 2.25. The van der Waals surface area contributed by atoms with Crippen molar-refractivity contribution >= 4 is 11.4 Å². The maximum Gasteiger partial charge on any atom is 0.269 e. The lowest BCUT2D eigenvalue weighted by molar-refractivity contribution is -0.384. The minimum absolute atomic E-state index is 0.0969. The predicted molar refractivity (Wildman–Crippen MR) is 65.1 cm³/mol. The first-order valence-electron chi connectivity index (χ1n) is 5.75. The molecular formula is C12H16N2O3. The lowest BCUT2D eigenvalue weighted by Crippen LogP contribution is -2.42. The third kappa shape index (κ3) is 2.55. The number of piperidine rings is 1. The van der Waals surface area contributed by atoms with Crippen LogP contribution in [0.2, 0.25) is 0 Å². The minimum atomic E-state index is -0.406. The first kappa shape index (κ1) is 11.9. The fourth-order valence-corrected chi connectivity index (χ4v) is 2.07. The molecule has 0 amide bonds. The van der Waals surface area contributed by atoms with Gasteiger partial charge in [0.25, 0.3) is 5.69 Å². The Morgan fingerprint density at radius 2 is 2.06 bits per heavy atom. The number of aliphatic hydroxyl groups is 1. The standard InChI is InChI=1S/C12H16N2O3/c1-9-6-7-13(8-12(9)15)10-2-4-11(5-3-10)14(16)17/h2-5,9,12,15H,6-8H2,1H3. The van der Waals surface area contributed by atoms with Crippen LogP contribution in [0.5, 0.6) is 0 Å². The fraction of sp³-hybridized carbons (Fsp3) is 0.500. The van der Waals surface area contributed by atoms with Gasteiger partial charge in [0, 0.05) is 30.9 Å². The van der Waals surface area contributed by atoms with Crippen LogP contribution in [-0.2, 0) is 0 Å². The number of aliphatic hydroxyl groups excluding tert-OH is 1. The van der Waals surface area contributed by atoms with Gasteiger partial charge in [-0.05, 0) is 24.5 Å². The van der Waals surface area contributed by atoms with E-state index in [4.69, 9.17) is 0 Å². The molecule has 1 aliphatic heterocycles. The molecule has 0 saturated carbocycles. The molecule has 2 unspecified atom stereocenters. The highest BCUT2D eigenvalue weighted by atomic mass is 16.6. The van der Waals surface area contributed by atoms with E-state index >= 15 is 0 Å². The summed E-state index contributed by atoms with van der Waals surface area (Å²) in [6.45, 7) is 3.52. The molecular weight excluding hydrogens is 220 g/mol. The molecule has 92 valence electrons. The molecule has 2 atom stereocenters. The van der Waals surface area contributed by atoms with Gasteiger partial charge in [-0.1, -0.05) is 6.92 Å². The lowest BCUT2D eigenvalue weighted by Gasteiger charge is -2.35. The van der Waals surface area contributed by atoms with Gasteiger partial charge in [0.15, 0.2) is 0 Å².